The van der Waals surface area contributed by atoms with Gasteiger partial charge in [0, 0.05) is 18.7 Å². The highest BCUT2D eigenvalue weighted by Crippen LogP contribution is 2.13. The number of nitrogens with one attached hydrogen (secondary N) is 1. The van der Waals surface area contributed by atoms with E-state index in [1.807, 2.05) is 12.1 Å². The summed E-state index contributed by atoms with van der Waals surface area (Å²) >= 11 is 0. The van der Waals surface area contributed by atoms with Gasteiger partial charge in [-0.05, 0) is 35.4 Å². The largest absolute Gasteiger partial charge is 0.484 e. The van der Waals surface area contributed by atoms with Gasteiger partial charge in [-0.3, -0.25) is 14.4 Å². The Morgan fingerprint density at radius 3 is 2.30 bits per heavy atom. The molecule has 1 aliphatic heterocycles. The number of hydrogen-bond donors (Lipinski definition) is 3. The smallest absolute Gasteiger partial charge is 0.261 e. The van der Waals surface area contributed by atoms with Crippen LogP contribution in [0.3, 0.4) is 0 Å². The van der Waals surface area contributed by atoms with Crippen LogP contribution >= 0.6 is 12.4 Å². The molecular weight excluding hydrogens is 410 g/mol. The highest BCUT2D eigenvalue weighted by atomic mass is 35.5. The summed E-state index contributed by atoms with van der Waals surface area (Å²) in [5, 5.41) is 12.2. The van der Waals surface area contributed by atoms with Crippen LogP contribution in [0.15, 0.2) is 48.5 Å². The highest BCUT2D eigenvalue weighted by molar-refractivity contribution is 5.94. The van der Waals surface area contributed by atoms with Gasteiger partial charge in [-0.15, -0.1) is 12.4 Å². The lowest BCUT2D eigenvalue weighted by Gasteiger charge is -2.15. The molecule has 30 heavy (non-hydrogen) atoms. The maximum atomic E-state index is 12.2. The Labute approximate surface area is 180 Å². The van der Waals surface area contributed by atoms with Crippen LogP contribution in [0, 0.1) is 0 Å². The van der Waals surface area contributed by atoms with Gasteiger partial charge in [-0.2, -0.15) is 0 Å². The first-order valence-electron chi connectivity index (χ1n) is 9.24. The van der Waals surface area contributed by atoms with Gasteiger partial charge < -0.3 is 25.8 Å². The molecule has 3 rings (SSSR count). The van der Waals surface area contributed by atoms with Crippen LogP contribution in [0.5, 0.6) is 5.75 Å². The minimum absolute atomic E-state index is 0. The van der Waals surface area contributed by atoms with Crippen molar-refractivity contribution in [2.45, 2.75) is 19.2 Å². The normalized spacial score (nSPS) is 15.5. The maximum Gasteiger partial charge on any atom is 0.261 e. The SMILES string of the molecule is Cl.NCc1ccc(C(=O)NCc2ccc(OCC(=O)N3CC(=O)[C@@H](O)C3)cc2)cc1. The molecule has 1 fully saturated rings. The number of amides is 2. The average molecular weight is 434 g/mol. The number of likely N-dealkylation sites (tertiary alicyclic amines) is 1. The third kappa shape index (κ3) is 6.03. The molecular formula is C21H24ClN3O5. The number of nitrogens with zero attached hydrogens (tertiary/aromatic N) is 1. The molecule has 0 unspecified atom stereocenters. The molecule has 0 aliphatic carbocycles. The number of hydrogen-bond acceptors (Lipinski definition) is 6. The molecule has 1 atom stereocenters. The molecule has 160 valence electrons. The molecule has 8 nitrogen and oxygen atoms in total. The third-order valence-corrected chi connectivity index (χ3v) is 4.65. The summed E-state index contributed by atoms with van der Waals surface area (Å²) in [6.07, 6.45) is -1.10. The fourth-order valence-electron chi connectivity index (χ4n) is 2.88. The van der Waals surface area contributed by atoms with E-state index in [2.05, 4.69) is 5.32 Å². The Bertz CT molecular complexity index is 887. The quantitative estimate of drug-likeness (QED) is 0.589. The molecule has 2 amide bonds. The highest BCUT2D eigenvalue weighted by Gasteiger charge is 2.31. The molecule has 0 saturated carbocycles. The van der Waals surface area contributed by atoms with Gasteiger partial charge >= 0.3 is 0 Å². The molecule has 0 spiro atoms. The number of Topliss-reactive ketones (excluding diaryl/α,β-unsaturated/α-hetero) is 1. The zero-order valence-corrected chi connectivity index (χ0v) is 17.1. The molecule has 0 bridgehead atoms. The van der Waals surface area contributed by atoms with Crippen molar-refractivity contribution in [3.05, 3.63) is 65.2 Å². The first-order valence-corrected chi connectivity index (χ1v) is 9.24. The number of rotatable bonds is 7. The van der Waals surface area contributed by atoms with Crippen LogP contribution in [0.1, 0.15) is 21.5 Å². The summed E-state index contributed by atoms with van der Waals surface area (Å²) in [5.41, 5.74) is 7.95. The topological polar surface area (TPSA) is 122 Å². The van der Waals surface area contributed by atoms with Gasteiger partial charge in [0.15, 0.2) is 12.4 Å². The van der Waals surface area contributed by atoms with Crippen LogP contribution < -0.4 is 15.8 Å². The van der Waals surface area contributed by atoms with Crippen LogP contribution in [0.4, 0.5) is 0 Å². The first kappa shape index (κ1) is 23.3. The Kier molecular flexibility index (Phi) is 8.35. The Balaban J connectivity index is 0.00000320. The molecule has 0 radical (unpaired) electrons. The van der Waals surface area contributed by atoms with Gasteiger partial charge in [-0.25, -0.2) is 0 Å². The van der Waals surface area contributed by atoms with Crippen LogP contribution in [0.2, 0.25) is 0 Å². The third-order valence-electron chi connectivity index (χ3n) is 4.65. The minimum atomic E-state index is -1.10. The minimum Gasteiger partial charge on any atom is -0.484 e. The van der Waals surface area contributed by atoms with Crippen molar-refractivity contribution in [1.82, 2.24) is 10.2 Å². The number of aliphatic hydroxyl groups is 1. The molecule has 0 aromatic heterocycles. The van der Waals surface area contributed by atoms with E-state index in [1.54, 1.807) is 36.4 Å². The zero-order chi connectivity index (χ0) is 20.8. The molecule has 1 heterocycles. The van der Waals surface area contributed by atoms with E-state index >= 15 is 0 Å². The maximum absolute atomic E-state index is 12.2. The lowest BCUT2D eigenvalue weighted by Crippen LogP contribution is -2.33. The van der Waals surface area contributed by atoms with Crippen LogP contribution in [0.25, 0.3) is 0 Å². The molecule has 9 heteroatoms. The van der Waals surface area contributed by atoms with Gasteiger partial charge in [0.25, 0.3) is 11.8 Å². The van der Waals surface area contributed by atoms with E-state index in [4.69, 9.17) is 10.5 Å². The number of carbonyl (C=O) groups excluding carboxylic acids is 3. The summed E-state index contributed by atoms with van der Waals surface area (Å²) < 4.78 is 5.44. The number of ketones is 1. The van der Waals surface area contributed by atoms with E-state index in [0.29, 0.717) is 24.4 Å². The predicted octanol–water partition coefficient (Wildman–Crippen LogP) is 0.648. The first-order chi connectivity index (χ1) is 14.0. The zero-order valence-electron chi connectivity index (χ0n) is 16.2. The van der Waals surface area contributed by atoms with E-state index in [1.165, 1.54) is 4.90 Å². The molecule has 4 N–H and O–H groups in total. The summed E-state index contributed by atoms with van der Waals surface area (Å²) in [5.74, 6) is -0.398. The summed E-state index contributed by atoms with van der Waals surface area (Å²) in [7, 11) is 0. The van der Waals surface area contributed by atoms with Gasteiger partial charge in [0.2, 0.25) is 0 Å². The number of β-amino-alcohol motifs (C(OH)–C–C–N with tert-alkyl or cyclic N) is 1. The van der Waals surface area contributed by atoms with Crippen molar-refractivity contribution in [2.75, 3.05) is 19.7 Å². The fraction of sp³-hybridized carbons (Fsp3) is 0.286. The second-order valence-electron chi connectivity index (χ2n) is 6.77. The van der Waals surface area contributed by atoms with Gasteiger partial charge in [-0.1, -0.05) is 24.3 Å². The number of halogens is 1. The van der Waals surface area contributed by atoms with Crippen LogP contribution in [-0.4, -0.2) is 53.4 Å². The van der Waals surface area contributed by atoms with Crippen molar-refractivity contribution in [2.24, 2.45) is 5.73 Å². The number of benzene rings is 2. The van der Waals surface area contributed by atoms with Crippen molar-refractivity contribution in [3.8, 4) is 5.75 Å². The van der Waals surface area contributed by atoms with Crippen molar-refractivity contribution in [3.63, 3.8) is 0 Å². The average Bonchev–Trinajstić information content (AvgIpc) is 3.09. The fourth-order valence-corrected chi connectivity index (χ4v) is 2.88. The monoisotopic (exact) mass is 433 g/mol. The Morgan fingerprint density at radius 1 is 1.10 bits per heavy atom. The molecule has 2 aromatic rings. The van der Waals surface area contributed by atoms with Crippen molar-refractivity contribution >= 4 is 30.0 Å². The second-order valence-corrected chi connectivity index (χ2v) is 6.77. The standard InChI is InChI=1S/C21H23N3O5.ClH/c22-9-14-1-5-16(6-2-14)21(28)23-10-15-3-7-17(8-4-15)29-13-20(27)24-11-18(25)19(26)12-24;/h1-8,18,25H,9-13,22H2,(H,23,28);1H/t18-;/m0./s1. The van der Waals surface area contributed by atoms with Crippen molar-refractivity contribution < 1.29 is 24.2 Å². The van der Waals surface area contributed by atoms with E-state index in [9.17, 15) is 19.5 Å². The lowest BCUT2D eigenvalue weighted by molar-refractivity contribution is -0.133. The molecule has 1 saturated heterocycles. The van der Waals surface area contributed by atoms with Gasteiger partial charge in [0.1, 0.15) is 11.9 Å². The summed E-state index contributed by atoms with van der Waals surface area (Å²) in [6.45, 7) is 0.491. The molecule has 2 aromatic carbocycles. The van der Waals surface area contributed by atoms with E-state index in [-0.39, 0.29) is 49.7 Å². The lowest BCUT2D eigenvalue weighted by atomic mass is 10.1. The van der Waals surface area contributed by atoms with Crippen molar-refractivity contribution in [1.29, 1.82) is 0 Å². The van der Waals surface area contributed by atoms with Gasteiger partial charge in [0.05, 0.1) is 13.1 Å². The van der Waals surface area contributed by atoms with E-state index in [0.717, 1.165) is 11.1 Å². The number of nitrogens with two attached hydrogens (primary N) is 1. The predicted molar refractivity (Wildman–Crippen MR) is 112 cm³/mol. The number of aliphatic hydroxyl groups excluding tert-OH is 1. The molecule has 1 aliphatic rings. The number of ether oxygens (including phenoxy) is 1. The van der Waals surface area contributed by atoms with Crippen LogP contribution in [-0.2, 0) is 22.7 Å². The summed E-state index contributed by atoms with van der Waals surface area (Å²) in [4.78, 5) is 36.8. The second kappa shape index (κ2) is 10.7. The summed E-state index contributed by atoms with van der Waals surface area (Å²) in [6, 6.07) is 14.1. The Hall–Kier alpha value is -2.94. The Morgan fingerprint density at radius 2 is 1.73 bits per heavy atom. The number of carbonyl (C=O) groups is 3. The van der Waals surface area contributed by atoms with E-state index < -0.39 is 6.10 Å².